The summed E-state index contributed by atoms with van der Waals surface area (Å²) >= 11 is 0. The van der Waals surface area contributed by atoms with Crippen LogP contribution in [0.4, 0.5) is 14.5 Å². The Morgan fingerprint density at radius 3 is 2.14 bits per heavy atom. The molecule has 0 saturated carbocycles. The highest BCUT2D eigenvalue weighted by Gasteiger charge is 2.16. The first-order valence-electron chi connectivity index (χ1n) is 7.73. The van der Waals surface area contributed by atoms with Crippen molar-refractivity contribution in [3.8, 4) is 0 Å². The Morgan fingerprint density at radius 1 is 0.952 bits per heavy atom. The Kier molecular flexibility index (Phi) is 7.61. The lowest BCUT2D eigenvalue weighted by atomic mass is 10.1. The average molecular weight is 299 g/mol. The van der Waals surface area contributed by atoms with Gasteiger partial charge in [-0.3, -0.25) is 0 Å². The Morgan fingerprint density at radius 2 is 1.62 bits per heavy atom. The molecule has 1 rings (SSSR count). The van der Waals surface area contributed by atoms with Gasteiger partial charge < -0.3 is 15.5 Å². The molecule has 0 saturated heterocycles. The highest BCUT2D eigenvalue weighted by molar-refractivity contribution is 5.49. The van der Waals surface area contributed by atoms with Gasteiger partial charge in [0, 0.05) is 25.2 Å². The van der Waals surface area contributed by atoms with Crippen molar-refractivity contribution in [2.75, 3.05) is 37.6 Å². The molecular weight excluding hydrogens is 272 g/mol. The molecule has 21 heavy (non-hydrogen) atoms. The summed E-state index contributed by atoms with van der Waals surface area (Å²) in [5.41, 5.74) is 5.94. The molecule has 2 N–H and O–H groups in total. The molecule has 0 bridgehead atoms. The quantitative estimate of drug-likeness (QED) is 0.761. The monoisotopic (exact) mass is 299 g/mol. The zero-order chi connectivity index (χ0) is 15.8. The predicted octanol–water partition coefficient (Wildman–Crippen LogP) is 2.98. The van der Waals surface area contributed by atoms with Crippen molar-refractivity contribution in [3.05, 3.63) is 29.3 Å². The Labute approximate surface area is 126 Å². The third-order valence-corrected chi connectivity index (χ3v) is 3.88. The van der Waals surface area contributed by atoms with Crippen LogP contribution in [0, 0.1) is 11.6 Å². The highest BCUT2D eigenvalue weighted by atomic mass is 19.2. The summed E-state index contributed by atoms with van der Waals surface area (Å²) in [6.45, 7) is 10.6. The molecule has 1 aromatic carbocycles. The van der Waals surface area contributed by atoms with Crippen molar-refractivity contribution in [1.82, 2.24) is 4.90 Å². The number of nitrogens with two attached hydrogens (primary N) is 1. The van der Waals surface area contributed by atoms with Gasteiger partial charge in [0.2, 0.25) is 0 Å². The fraction of sp³-hybridized carbons (Fsp3) is 0.625. The molecule has 0 unspecified atom stereocenters. The van der Waals surface area contributed by atoms with Crippen molar-refractivity contribution in [2.24, 2.45) is 5.73 Å². The second kappa shape index (κ2) is 8.95. The summed E-state index contributed by atoms with van der Waals surface area (Å²) in [4.78, 5) is 4.20. The van der Waals surface area contributed by atoms with Crippen LogP contribution in [0.2, 0.25) is 0 Å². The smallest absolute Gasteiger partial charge is 0.182 e. The molecule has 0 aliphatic rings. The average Bonchev–Trinajstić information content (AvgIpc) is 2.51. The maximum absolute atomic E-state index is 14.1. The second-order valence-electron chi connectivity index (χ2n) is 5.04. The van der Waals surface area contributed by atoms with E-state index in [0.29, 0.717) is 18.8 Å². The van der Waals surface area contributed by atoms with E-state index in [1.54, 1.807) is 12.1 Å². The predicted molar refractivity (Wildman–Crippen MR) is 84.5 cm³/mol. The maximum Gasteiger partial charge on any atom is 0.182 e. The Hall–Kier alpha value is -1.20. The van der Waals surface area contributed by atoms with Gasteiger partial charge in [-0.1, -0.05) is 19.9 Å². The Balaban J connectivity index is 2.74. The van der Waals surface area contributed by atoms with E-state index in [4.69, 9.17) is 5.73 Å². The highest BCUT2D eigenvalue weighted by Crippen LogP contribution is 2.24. The molecule has 0 fully saturated rings. The van der Waals surface area contributed by atoms with Crippen LogP contribution < -0.4 is 10.6 Å². The van der Waals surface area contributed by atoms with E-state index in [2.05, 4.69) is 18.7 Å². The zero-order valence-corrected chi connectivity index (χ0v) is 13.3. The molecule has 0 aliphatic heterocycles. The fourth-order valence-electron chi connectivity index (χ4n) is 2.46. The molecule has 0 aliphatic carbocycles. The summed E-state index contributed by atoms with van der Waals surface area (Å²) in [6, 6.07) is 3.20. The minimum Gasteiger partial charge on any atom is -0.369 e. The standard InChI is InChI=1S/C16H27F2N3/c1-4-20(5-2)10-7-11-21(6-3)14-9-8-13(12-19)15(17)16(14)18/h8-9H,4-7,10-12,19H2,1-3H3. The van der Waals surface area contributed by atoms with E-state index < -0.39 is 11.6 Å². The third kappa shape index (κ3) is 4.64. The van der Waals surface area contributed by atoms with Gasteiger partial charge in [0.1, 0.15) is 0 Å². The topological polar surface area (TPSA) is 32.5 Å². The number of halogens is 2. The van der Waals surface area contributed by atoms with Gasteiger partial charge in [-0.2, -0.15) is 0 Å². The summed E-state index contributed by atoms with van der Waals surface area (Å²) in [6.07, 6.45) is 0.926. The van der Waals surface area contributed by atoms with Gasteiger partial charge in [-0.25, -0.2) is 8.78 Å². The molecule has 3 nitrogen and oxygen atoms in total. The fourth-order valence-corrected chi connectivity index (χ4v) is 2.46. The van der Waals surface area contributed by atoms with Gasteiger partial charge in [-0.05, 0) is 39.0 Å². The van der Waals surface area contributed by atoms with Gasteiger partial charge in [-0.15, -0.1) is 0 Å². The molecule has 0 amide bonds. The van der Waals surface area contributed by atoms with Gasteiger partial charge in [0.25, 0.3) is 0 Å². The van der Waals surface area contributed by atoms with Crippen molar-refractivity contribution in [3.63, 3.8) is 0 Å². The number of benzene rings is 1. The van der Waals surface area contributed by atoms with Crippen LogP contribution in [0.5, 0.6) is 0 Å². The molecule has 0 atom stereocenters. The van der Waals surface area contributed by atoms with Crippen LogP contribution in [0.25, 0.3) is 0 Å². The first-order chi connectivity index (χ1) is 10.1. The molecular formula is C16H27F2N3. The largest absolute Gasteiger partial charge is 0.369 e. The van der Waals surface area contributed by atoms with Crippen LogP contribution in [-0.2, 0) is 6.54 Å². The molecule has 1 aromatic rings. The zero-order valence-electron chi connectivity index (χ0n) is 13.3. The van der Waals surface area contributed by atoms with Crippen molar-refractivity contribution >= 4 is 5.69 Å². The Bertz CT molecular complexity index is 434. The maximum atomic E-state index is 14.1. The van der Waals surface area contributed by atoms with Gasteiger partial charge in [0.15, 0.2) is 11.6 Å². The molecule has 0 spiro atoms. The number of rotatable bonds is 9. The molecule has 0 radical (unpaired) electrons. The second-order valence-corrected chi connectivity index (χ2v) is 5.04. The minimum atomic E-state index is -0.822. The summed E-state index contributed by atoms with van der Waals surface area (Å²) < 4.78 is 28.0. The number of hydrogen-bond donors (Lipinski definition) is 1. The van der Waals surface area contributed by atoms with Crippen LogP contribution in [0.1, 0.15) is 32.8 Å². The molecule has 0 aromatic heterocycles. The summed E-state index contributed by atoms with van der Waals surface area (Å²) in [7, 11) is 0. The normalized spacial score (nSPS) is 11.2. The van der Waals surface area contributed by atoms with Gasteiger partial charge >= 0.3 is 0 Å². The SMILES string of the molecule is CCN(CC)CCCN(CC)c1ccc(CN)c(F)c1F. The van der Waals surface area contributed by atoms with Crippen molar-refractivity contribution < 1.29 is 8.78 Å². The van der Waals surface area contributed by atoms with Crippen LogP contribution >= 0.6 is 0 Å². The molecule has 120 valence electrons. The minimum absolute atomic E-state index is 0.0110. The van der Waals surface area contributed by atoms with E-state index in [0.717, 1.165) is 26.1 Å². The molecule has 0 heterocycles. The lowest BCUT2D eigenvalue weighted by Gasteiger charge is -2.26. The van der Waals surface area contributed by atoms with Gasteiger partial charge in [0.05, 0.1) is 5.69 Å². The van der Waals surface area contributed by atoms with Crippen LogP contribution in [0.3, 0.4) is 0 Å². The van der Waals surface area contributed by atoms with E-state index in [-0.39, 0.29) is 12.1 Å². The number of nitrogens with zero attached hydrogens (tertiary/aromatic N) is 2. The summed E-state index contributed by atoms with van der Waals surface area (Å²) in [5.74, 6) is -1.61. The van der Waals surface area contributed by atoms with Crippen LogP contribution in [0.15, 0.2) is 12.1 Å². The van der Waals surface area contributed by atoms with E-state index in [1.807, 2.05) is 11.8 Å². The van der Waals surface area contributed by atoms with Crippen LogP contribution in [-0.4, -0.2) is 37.6 Å². The third-order valence-electron chi connectivity index (χ3n) is 3.88. The van der Waals surface area contributed by atoms with Crippen molar-refractivity contribution in [2.45, 2.75) is 33.7 Å². The van der Waals surface area contributed by atoms with Crippen molar-refractivity contribution in [1.29, 1.82) is 0 Å². The molecule has 5 heteroatoms. The number of hydrogen-bond acceptors (Lipinski definition) is 3. The lowest BCUT2D eigenvalue weighted by Crippen LogP contribution is -2.30. The number of anilines is 1. The first-order valence-corrected chi connectivity index (χ1v) is 7.73. The van der Waals surface area contributed by atoms with E-state index in [9.17, 15) is 8.78 Å². The first kappa shape index (κ1) is 17.9. The summed E-state index contributed by atoms with van der Waals surface area (Å²) in [5, 5.41) is 0. The van der Waals surface area contributed by atoms with E-state index in [1.165, 1.54) is 0 Å². The van der Waals surface area contributed by atoms with E-state index >= 15 is 0 Å². The lowest BCUT2D eigenvalue weighted by molar-refractivity contribution is 0.300.